The van der Waals surface area contributed by atoms with Crippen LogP contribution in [0.1, 0.15) is 17.4 Å². The van der Waals surface area contributed by atoms with Crippen LogP contribution in [0.4, 0.5) is 0 Å². The Labute approximate surface area is 92.7 Å². The fraction of sp³-hybridized carbons (Fsp3) is 0.154. The summed E-state index contributed by atoms with van der Waals surface area (Å²) < 4.78 is 0. The van der Waals surface area contributed by atoms with Crippen LogP contribution in [0.3, 0.4) is 0 Å². The Kier molecular flexibility index (Phi) is 2.02. The van der Waals surface area contributed by atoms with Crippen LogP contribution in [0.5, 0.6) is 0 Å². The first-order chi connectivity index (χ1) is 7.75. The van der Waals surface area contributed by atoms with E-state index in [1.807, 2.05) is 30.3 Å². The topological polar surface area (TPSA) is 53.4 Å². The van der Waals surface area contributed by atoms with E-state index in [2.05, 4.69) is 4.98 Å². The van der Waals surface area contributed by atoms with Crippen LogP contribution in [0.15, 0.2) is 36.4 Å². The van der Waals surface area contributed by atoms with Gasteiger partial charge in [-0.05, 0) is 18.2 Å². The Morgan fingerprint density at radius 2 is 1.94 bits per heavy atom. The molecule has 2 N–H and O–H groups in total. The van der Waals surface area contributed by atoms with Crippen LogP contribution < -0.4 is 0 Å². The van der Waals surface area contributed by atoms with Gasteiger partial charge in [-0.3, -0.25) is 0 Å². The molecule has 1 heterocycles. The van der Waals surface area contributed by atoms with Crippen LogP contribution in [0, 0.1) is 0 Å². The lowest BCUT2D eigenvalue weighted by Gasteiger charge is -2.21. The maximum Gasteiger partial charge on any atom is 0.111 e. The summed E-state index contributed by atoms with van der Waals surface area (Å²) in [4.78, 5) is 4.44. The summed E-state index contributed by atoms with van der Waals surface area (Å²) in [5.74, 6) is 0. The van der Waals surface area contributed by atoms with Crippen molar-refractivity contribution in [2.75, 3.05) is 0 Å². The Hall–Kier alpha value is -1.71. The first-order valence-corrected chi connectivity index (χ1v) is 5.20. The molecule has 0 saturated heterocycles. The number of aromatic nitrogens is 1. The van der Waals surface area contributed by atoms with Gasteiger partial charge in [0.1, 0.15) is 12.2 Å². The van der Waals surface area contributed by atoms with Crippen molar-refractivity contribution < 1.29 is 10.2 Å². The number of aliphatic hydroxyl groups excluding tert-OH is 2. The van der Waals surface area contributed by atoms with Crippen molar-refractivity contribution in [2.45, 2.75) is 12.2 Å². The van der Waals surface area contributed by atoms with Crippen LogP contribution >= 0.6 is 0 Å². The molecule has 0 saturated carbocycles. The van der Waals surface area contributed by atoms with Crippen molar-refractivity contribution >= 4 is 17.0 Å². The largest absolute Gasteiger partial charge is 0.386 e. The molecule has 1 aromatic heterocycles. The molecule has 1 aromatic carbocycles. The van der Waals surface area contributed by atoms with Gasteiger partial charge in [-0.1, -0.05) is 24.3 Å². The normalized spacial score (nSPS) is 23.4. The molecule has 80 valence electrons. The second-order valence-electron chi connectivity index (χ2n) is 3.95. The molecule has 16 heavy (non-hydrogen) atoms. The monoisotopic (exact) mass is 213 g/mol. The lowest BCUT2D eigenvalue weighted by atomic mass is 9.95. The van der Waals surface area contributed by atoms with E-state index in [9.17, 15) is 10.2 Å². The highest BCUT2D eigenvalue weighted by Gasteiger charge is 2.23. The molecule has 0 spiro atoms. The molecule has 3 rings (SSSR count). The number of nitrogens with zero attached hydrogens (tertiary/aromatic N) is 1. The SMILES string of the molecule is O[C@H]1C=Cc2nc3ccccc3cc2[C@@H]1O. The first-order valence-electron chi connectivity index (χ1n) is 5.20. The Morgan fingerprint density at radius 1 is 1.12 bits per heavy atom. The third kappa shape index (κ3) is 1.33. The number of hydrogen-bond donors (Lipinski definition) is 2. The molecule has 0 aliphatic heterocycles. The van der Waals surface area contributed by atoms with E-state index >= 15 is 0 Å². The van der Waals surface area contributed by atoms with Crippen LogP contribution in [0.2, 0.25) is 0 Å². The van der Waals surface area contributed by atoms with E-state index < -0.39 is 12.2 Å². The minimum absolute atomic E-state index is 0.689. The molecular formula is C13H11NO2. The average molecular weight is 213 g/mol. The van der Waals surface area contributed by atoms with Gasteiger partial charge in [0.15, 0.2) is 0 Å². The van der Waals surface area contributed by atoms with E-state index in [4.69, 9.17) is 0 Å². The van der Waals surface area contributed by atoms with Gasteiger partial charge in [-0.2, -0.15) is 0 Å². The molecule has 0 amide bonds. The maximum atomic E-state index is 9.85. The summed E-state index contributed by atoms with van der Waals surface area (Å²) in [6.45, 7) is 0. The van der Waals surface area contributed by atoms with Crippen molar-refractivity contribution in [2.24, 2.45) is 0 Å². The zero-order chi connectivity index (χ0) is 11.1. The van der Waals surface area contributed by atoms with Crippen LogP contribution in [0.25, 0.3) is 17.0 Å². The van der Waals surface area contributed by atoms with Crippen molar-refractivity contribution in [1.29, 1.82) is 0 Å². The molecule has 0 bridgehead atoms. The van der Waals surface area contributed by atoms with Crippen molar-refractivity contribution in [3.05, 3.63) is 47.7 Å². The zero-order valence-electron chi connectivity index (χ0n) is 8.54. The minimum Gasteiger partial charge on any atom is -0.386 e. The molecule has 1 aliphatic rings. The standard InChI is InChI=1S/C13H11NO2/c15-12-6-5-11-9(13(12)16)7-8-3-1-2-4-10(8)14-11/h1-7,12-13,15-16H/t12-,13-/m0/s1. The van der Waals surface area contributed by atoms with Gasteiger partial charge < -0.3 is 10.2 Å². The summed E-state index contributed by atoms with van der Waals surface area (Å²) in [7, 11) is 0. The van der Waals surface area contributed by atoms with Gasteiger partial charge in [0, 0.05) is 10.9 Å². The molecule has 2 atom stereocenters. The van der Waals surface area contributed by atoms with Crippen LogP contribution in [-0.4, -0.2) is 21.3 Å². The second-order valence-corrected chi connectivity index (χ2v) is 3.95. The van der Waals surface area contributed by atoms with Crippen molar-refractivity contribution in [3.8, 4) is 0 Å². The highest BCUT2D eigenvalue weighted by Crippen LogP contribution is 2.29. The van der Waals surface area contributed by atoms with Gasteiger partial charge in [0.25, 0.3) is 0 Å². The highest BCUT2D eigenvalue weighted by molar-refractivity contribution is 5.81. The number of hydrogen-bond acceptors (Lipinski definition) is 3. The predicted molar refractivity (Wildman–Crippen MR) is 61.7 cm³/mol. The minimum atomic E-state index is -0.878. The Bertz CT molecular complexity index is 577. The molecule has 1 aliphatic carbocycles. The van der Waals surface area contributed by atoms with Gasteiger partial charge in [0.05, 0.1) is 11.2 Å². The van der Waals surface area contributed by atoms with E-state index in [1.54, 1.807) is 12.2 Å². The fourth-order valence-corrected chi connectivity index (χ4v) is 2.00. The third-order valence-electron chi connectivity index (χ3n) is 2.88. The van der Waals surface area contributed by atoms with E-state index in [0.29, 0.717) is 5.56 Å². The summed E-state index contributed by atoms with van der Waals surface area (Å²) in [5, 5.41) is 20.4. The summed E-state index contributed by atoms with van der Waals surface area (Å²) in [6, 6.07) is 9.62. The van der Waals surface area contributed by atoms with E-state index in [-0.39, 0.29) is 0 Å². The summed E-state index contributed by atoms with van der Waals surface area (Å²) in [6.07, 6.45) is 1.60. The van der Waals surface area contributed by atoms with Crippen molar-refractivity contribution in [1.82, 2.24) is 4.98 Å². The van der Waals surface area contributed by atoms with E-state index in [0.717, 1.165) is 16.6 Å². The number of pyridine rings is 1. The Balaban J connectivity index is 2.29. The summed E-state index contributed by atoms with van der Waals surface area (Å²) >= 11 is 0. The number of benzene rings is 1. The maximum absolute atomic E-state index is 9.85. The quantitative estimate of drug-likeness (QED) is 0.699. The first kappa shape index (κ1) is 9.51. The third-order valence-corrected chi connectivity index (χ3v) is 2.88. The summed E-state index contributed by atoms with van der Waals surface area (Å²) in [5.41, 5.74) is 2.32. The average Bonchev–Trinajstić information content (AvgIpc) is 2.32. The number of rotatable bonds is 0. The number of aliphatic hydroxyl groups is 2. The molecular weight excluding hydrogens is 202 g/mol. The predicted octanol–water partition coefficient (Wildman–Crippen LogP) is 1.66. The molecule has 0 radical (unpaired) electrons. The lowest BCUT2D eigenvalue weighted by molar-refractivity contribution is 0.0468. The smallest absolute Gasteiger partial charge is 0.111 e. The highest BCUT2D eigenvalue weighted by atomic mass is 16.3. The van der Waals surface area contributed by atoms with E-state index in [1.165, 1.54) is 0 Å². The fourth-order valence-electron chi connectivity index (χ4n) is 2.00. The molecule has 3 heteroatoms. The van der Waals surface area contributed by atoms with Gasteiger partial charge in [-0.15, -0.1) is 0 Å². The van der Waals surface area contributed by atoms with Gasteiger partial charge in [0.2, 0.25) is 0 Å². The molecule has 0 unspecified atom stereocenters. The van der Waals surface area contributed by atoms with Crippen LogP contribution in [-0.2, 0) is 0 Å². The Morgan fingerprint density at radius 3 is 2.81 bits per heavy atom. The number of fused-ring (bicyclic) bond motifs is 2. The molecule has 0 fully saturated rings. The van der Waals surface area contributed by atoms with Gasteiger partial charge in [-0.25, -0.2) is 4.98 Å². The van der Waals surface area contributed by atoms with Gasteiger partial charge >= 0.3 is 0 Å². The molecule has 3 nitrogen and oxygen atoms in total. The zero-order valence-corrected chi connectivity index (χ0v) is 8.54. The molecule has 2 aromatic rings. The van der Waals surface area contributed by atoms with Crippen molar-refractivity contribution in [3.63, 3.8) is 0 Å². The number of para-hydroxylation sites is 1. The second kappa shape index (κ2) is 3.40. The lowest BCUT2D eigenvalue weighted by Crippen LogP contribution is -2.20.